The van der Waals surface area contributed by atoms with Gasteiger partial charge in [0.15, 0.2) is 0 Å². The number of amides is 1. The minimum absolute atomic E-state index is 0.0263. The molecule has 1 aliphatic heterocycles. The van der Waals surface area contributed by atoms with Crippen molar-refractivity contribution in [2.24, 2.45) is 5.73 Å². The molecule has 2 atom stereocenters. The van der Waals surface area contributed by atoms with E-state index < -0.39 is 6.04 Å². The van der Waals surface area contributed by atoms with E-state index in [1.165, 1.54) is 0 Å². The minimum Gasteiger partial charge on any atom is -0.380 e. The van der Waals surface area contributed by atoms with E-state index in [-0.39, 0.29) is 12.0 Å². The van der Waals surface area contributed by atoms with Gasteiger partial charge in [-0.1, -0.05) is 30.3 Å². The Labute approximate surface area is 108 Å². The molecule has 1 aliphatic rings. The number of carbonyl (C=O) groups excluding carboxylic acids is 1. The van der Waals surface area contributed by atoms with E-state index in [4.69, 9.17) is 10.5 Å². The van der Waals surface area contributed by atoms with Crippen molar-refractivity contribution >= 4 is 5.91 Å². The summed E-state index contributed by atoms with van der Waals surface area (Å²) < 4.78 is 5.25. The summed E-state index contributed by atoms with van der Waals surface area (Å²) in [6, 6.07) is 9.42. The largest absolute Gasteiger partial charge is 0.380 e. The molecule has 4 heteroatoms. The van der Waals surface area contributed by atoms with Gasteiger partial charge < -0.3 is 15.4 Å². The quantitative estimate of drug-likeness (QED) is 0.857. The van der Waals surface area contributed by atoms with Gasteiger partial charge in [-0.2, -0.15) is 0 Å². The summed E-state index contributed by atoms with van der Waals surface area (Å²) in [5, 5.41) is 0. The molecule has 1 heterocycles. The SMILES string of the molecule is COC1CCN(C(=O)[C@@H](N)Cc2ccccc2)C1. The molecule has 2 N–H and O–H groups in total. The van der Waals surface area contributed by atoms with Crippen molar-refractivity contribution in [2.45, 2.75) is 25.0 Å². The number of hydrogen-bond acceptors (Lipinski definition) is 3. The van der Waals surface area contributed by atoms with E-state index in [0.29, 0.717) is 13.0 Å². The van der Waals surface area contributed by atoms with Gasteiger partial charge in [-0.25, -0.2) is 0 Å². The Morgan fingerprint density at radius 3 is 2.83 bits per heavy atom. The highest BCUT2D eigenvalue weighted by Crippen LogP contribution is 2.13. The van der Waals surface area contributed by atoms with E-state index >= 15 is 0 Å². The second-order valence-corrected chi connectivity index (χ2v) is 4.73. The molecule has 0 spiro atoms. The average molecular weight is 248 g/mol. The topological polar surface area (TPSA) is 55.6 Å². The molecule has 1 amide bonds. The summed E-state index contributed by atoms with van der Waals surface area (Å²) in [6.07, 6.45) is 1.66. The molecule has 98 valence electrons. The van der Waals surface area contributed by atoms with Crippen molar-refractivity contribution in [3.05, 3.63) is 35.9 Å². The average Bonchev–Trinajstić information content (AvgIpc) is 2.87. The highest BCUT2D eigenvalue weighted by molar-refractivity contribution is 5.82. The number of hydrogen-bond donors (Lipinski definition) is 1. The second kappa shape index (κ2) is 5.98. The van der Waals surface area contributed by atoms with Crippen molar-refractivity contribution in [1.29, 1.82) is 0 Å². The van der Waals surface area contributed by atoms with E-state index in [1.807, 2.05) is 35.2 Å². The number of nitrogens with two attached hydrogens (primary N) is 1. The maximum absolute atomic E-state index is 12.2. The molecule has 1 unspecified atom stereocenters. The summed E-state index contributed by atoms with van der Waals surface area (Å²) in [6.45, 7) is 1.41. The highest BCUT2D eigenvalue weighted by Gasteiger charge is 2.29. The van der Waals surface area contributed by atoms with E-state index in [2.05, 4.69) is 0 Å². The zero-order valence-corrected chi connectivity index (χ0v) is 10.7. The third-order valence-electron chi connectivity index (χ3n) is 3.41. The molecule has 4 nitrogen and oxygen atoms in total. The normalized spacial score (nSPS) is 21.0. The van der Waals surface area contributed by atoms with Gasteiger partial charge in [-0.15, -0.1) is 0 Å². The van der Waals surface area contributed by atoms with Crippen molar-refractivity contribution in [2.75, 3.05) is 20.2 Å². The molecule has 0 radical (unpaired) electrons. The molecule has 0 aliphatic carbocycles. The van der Waals surface area contributed by atoms with Gasteiger partial charge in [0.05, 0.1) is 12.1 Å². The molecule has 1 fully saturated rings. The zero-order valence-electron chi connectivity index (χ0n) is 10.7. The van der Waals surface area contributed by atoms with Crippen LogP contribution in [0.5, 0.6) is 0 Å². The first-order chi connectivity index (χ1) is 8.70. The maximum atomic E-state index is 12.2. The van der Waals surface area contributed by atoms with Crippen LogP contribution in [0.2, 0.25) is 0 Å². The Kier molecular flexibility index (Phi) is 4.33. The highest BCUT2D eigenvalue weighted by atomic mass is 16.5. The Hall–Kier alpha value is -1.39. The summed E-state index contributed by atoms with van der Waals surface area (Å²) in [4.78, 5) is 14.0. The number of likely N-dealkylation sites (tertiary alicyclic amines) is 1. The van der Waals surface area contributed by atoms with Gasteiger partial charge in [0, 0.05) is 20.2 Å². The van der Waals surface area contributed by atoms with Crippen LogP contribution in [0.4, 0.5) is 0 Å². The number of carbonyl (C=O) groups is 1. The predicted molar refractivity (Wildman–Crippen MR) is 70.1 cm³/mol. The Morgan fingerprint density at radius 2 is 2.22 bits per heavy atom. The Bertz CT molecular complexity index is 394. The fourth-order valence-electron chi connectivity index (χ4n) is 2.31. The maximum Gasteiger partial charge on any atom is 0.239 e. The van der Waals surface area contributed by atoms with Gasteiger partial charge >= 0.3 is 0 Å². The van der Waals surface area contributed by atoms with E-state index in [9.17, 15) is 4.79 Å². The molecule has 0 aromatic heterocycles. The lowest BCUT2D eigenvalue weighted by Crippen LogP contribution is -2.44. The van der Waals surface area contributed by atoms with Gasteiger partial charge in [-0.3, -0.25) is 4.79 Å². The number of nitrogens with zero attached hydrogens (tertiary/aromatic N) is 1. The van der Waals surface area contributed by atoms with Crippen LogP contribution < -0.4 is 5.73 Å². The molecule has 0 bridgehead atoms. The number of benzene rings is 1. The molecular weight excluding hydrogens is 228 g/mol. The first-order valence-corrected chi connectivity index (χ1v) is 6.32. The van der Waals surface area contributed by atoms with Gasteiger partial charge in [0.25, 0.3) is 0 Å². The van der Waals surface area contributed by atoms with Crippen LogP contribution in [0.1, 0.15) is 12.0 Å². The van der Waals surface area contributed by atoms with Gasteiger partial charge in [0.2, 0.25) is 5.91 Å². The van der Waals surface area contributed by atoms with Crippen LogP contribution in [-0.4, -0.2) is 43.2 Å². The summed E-state index contributed by atoms with van der Waals surface area (Å²) in [5.74, 6) is 0.0263. The Morgan fingerprint density at radius 1 is 1.50 bits per heavy atom. The van der Waals surface area contributed by atoms with Crippen molar-refractivity contribution in [3.63, 3.8) is 0 Å². The van der Waals surface area contributed by atoms with Crippen LogP contribution in [0.15, 0.2) is 30.3 Å². The van der Waals surface area contributed by atoms with Crippen molar-refractivity contribution < 1.29 is 9.53 Å². The predicted octanol–water partition coefficient (Wildman–Crippen LogP) is 0.804. The fraction of sp³-hybridized carbons (Fsp3) is 0.500. The lowest BCUT2D eigenvalue weighted by atomic mass is 10.1. The van der Waals surface area contributed by atoms with Crippen LogP contribution in [-0.2, 0) is 16.0 Å². The number of ether oxygens (including phenoxy) is 1. The zero-order chi connectivity index (χ0) is 13.0. The third kappa shape index (κ3) is 3.09. The summed E-state index contributed by atoms with van der Waals surface area (Å²) in [5.41, 5.74) is 7.08. The lowest BCUT2D eigenvalue weighted by molar-refractivity contribution is -0.131. The number of rotatable bonds is 4. The molecular formula is C14H20N2O2. The third-order valence-corrected chi connectivity index (χ3v) is 3.41. The van der Waals surface area contributed by atoms with E-state index in [1.54, 1.807) is 7.11 Å². The monoisotopic (exact) mass is 248 g/mol. The molecule has 1 aromatic carbocycles. The van der Waals surface area contributed by atoms with Crippen LogP contribution in [0, 0.1) is 0 Å². The first-order valence-electron chi connectivity index (χ1n) is 6.32. The summed E-state index contributed by atoms with van der Waals surface area (Å²) >= 11 is 0. The molecule has 0 saturated carbocycles. The molecule has 1 aromatic rings. The Balaban J connectivity index is 1.89. The van der Waals surface area contributed by atoms with Crippen LogP contribution in [0.3, 0.4) is 0 Å². The smallest absolute Gasteiger partial charge is 0.239 e. The standard InChI is InChI=1S/C14H20N2O2/c1-18-12-7-8-16(10-12)14(17)13(15)9-11-5-3-2-4-6-11/h2-6,12-13H,7-10,15H2,1H3/t12?,13-/m0/s1. The number of methoxy groups -OCH3 is 1. The second-order valence-electron chi connectivity index (χ2n) is 4.73. The summed E-state index contributed by atoms with van der Waals surface area (Å²) in [7, 11) is 1.68. The lowest BCUT2D eigenvalue weighted by Gasteiger charge is -2.20. The van der Waals surface area contributed by atoms with Crippen LogP contribution in [0.25, 0.3) is 0 Å². The molecule has 18 heavy (non-hydrogen) atoms. The fourth-order valence-corrected chi connectivity index (χ4v) is 2.31. The minimum atomic E-state index is -0.456. The van der Waals surface area contributed by atoms with Crippen LogP contribution >= 0.6 is 0 Å². The first kappa shape index (κ1) is 13.1. The van der Waals surface area contributed by atoms with Crippen molar-refractivity contribution in [1.82, 2.24) is 4.90 Å². The van der Waals surface area contributed by atoms with E-state index in [0.717, 1.165) is 18.5 Å². The molecule has 1 saturated heterocycles. The molecule has 2 rings (SSSR count). The van der Waals surface area contributed by atoms with Gasteiger partial charge in [-0.05, 0) is 18.4 Å². The van der Waals surface area contributed by atoms with Crippen molar-refractivity contribution in [3.8, 4) is 0 Å². The van der Waals surface area contributed by atoms with Gasteiger partial charge in [0.1, 0.15) is 0 Å².